The number of anilines is 1. The Kier molecular flexibility index (Phi) is 6.16. The topological polar surface area (TPSA) is 53.1 Å². The lowest BCUT2D eigenvalue weighted by Gasteiger charge is -2.30. The van der Waals surface area contributed by atoms with E-state index in [4.69, 9.17) is 4.74 Å². The van der Waals surface area contributed by atoms with Gasteiger partial charge in [-0.25, -0.2) is 4.79 Å². The number of benzene rings is 1. The number of rotatable bonds is 4. The second-order valence-corrected chi connectivity index (χ2v) is 8.09. The minimum Gasteiger partial charge on any atom is -0.444 e. The molecular formula is C20H31N3O3. The van der Waals surface area contributed by atoms with Crippen molar-refractivity contribution in [1.29, 1.82) is 0 Å². The van der Waals surface area contributed by atoms with Crippen molar-refractivity contribution in [3.05, 3.63) is 29.8 Å². The predicted octanol–water partition coefficient (Wildman–Crippen LogP) is 3.11. The van der Waals surface area contributed by atoms with Gasteiger partial charge in [0.05, 0.1) is 0 Å². The predicted molar refractivity (Wildman–Crippen MR) is 103 cm³/mol. The highest BCUT2D eigenvalue weighted by molar-refractivity contribution is 5.86. The van der Waals surface area contributed by atoms with Crippen LogP contribution in [0.15, 0.2) is 24.3 Å². The van der Waals surface area contributed by atoms with E-state index in [2.05, 4.69) is 0 Å². The molecular weight excluding hydrogens is 330 g/mol. The molecule has 2 rings (SSSR count). The number of hydrogen-bond donors (Lipinski definition) is 0. The number of carbonyl (C=O) groups is 2. The summed E-state index contributed by atoms with van der Waals surface area (Å²) in [5.74, 6) is -0.0370. The van der Waals surface area contributed by atoms with E-state index in [-0.39, 0.29) is 5.91 Å². The van der Waals surface area contributed by atoms with E-state index in [0.717, 1.165) is 17.7 Å². The molecule has 1 atom stereocenters. The third-order valence-corrected chi connectivity index (χ3v) is 4.41. The van der Waals surface area contributed by atoms with Gasteiger partial charge < -0.3 is 14.5 Å². The molecule has 0 unspecified atom stereocenters. The Hall–Kier alpha value is -2.24. The standard InChI is InChI=1S/C20H31N3O3/c1-20(2,3)26-19(25)23-13-7-8-17(23)18(24)22(6)14-15-9-11-16(12-10-15)21(4)5/h9-12,17H,7-8,13-14H2,1-6H3/t17-/m0/s1. The van der Waals surface area contributed by atoms with E-state index < -0.39 is 17.7 Å². The zero-order valence-electron chi connectivity index (χ0n) is 16.8. The van der Waals surface area contributed by atoms with Crippen LogP contribution in [0.1, 0.15) is 39.2 Å². The summed E-state index contributed by atoms with van der Waals surface area (Å²) in [5.41, 5.74) is 1.62. The summed E-state index contributed by atoms with van der Waals surface area (Å²) in [6, 6.07) is 7.70. The van der Waals surface area contributed by atoms with Crippen LogP contribution >= 0.6 is 0 Å². The van der Waals surface area contributed by atoms with Gasteiger partial charge in [-0.15, -0.1) is 0 Å². The molecule has 0 radical (unpaired) electrons. The molecule has 0 bridgehead atoms. The van der Waals surface area contributed by atoms with Crippen LogP contribution in [0.5, 0.6) is 0 Å². The SMILES string of the molecule is CN(Cc1ccc(N(C)C)cc1)C(=O)[C@@H]1CCCN1C(=O)OC(C)(C)C. The van der Waals surface area contributed by atoms with E-state index in [1.165, 1.54) is 0 Å². The quantitative estimate of drug-likeness (QED) is 0.827. The van der Waals surface area contributed by atoms with E-state index >= 15 is 0 Å². The Morgan fingerprint density at radius 1 is 1.15 bits per heavy atom. The molecule has 1 aromatic rings. The Balaban J connectivity index is 2.01. The molecule has 1 aliphatic heterocycles. The average molecular weight is 361 g/mol. The summed E-state index contributed by atoms with van der Waals surface area (Å²) in [7, 11) is 5.78. The Labute approximate surface area is 156 Å². The highest BCUT2D eigenvalue weighted by Gasteiger charge is 2.37. The van der Waals surface area contributed by atoms with Crippen molar-refractivity contribution in [2.45, 2.75) is 51.8 Å². The largest absolute Gasteiger partial charge is 0.444 e. The smallest absolute Gasteiger partial charge is 0.410 e. The van der Waals surface area contributed by atoms with E-state index in [0.29, 0.717) is 19.5 Å². The van der Waals surface area contributed by atoms with Gasteiger partial charge >= 0.3 is 6.09 Å². The van der Waals surface area contributed by atoms with E-state index in [9.17, 15) is 9.59 Å². The fraction of sp³-hybridized carbons (Fsp3) is 0.600. The summed E-state index contributed by atoms with van der Waals surface area (Å²) in [6.45, 7) is 6.59. The van der Waals surface area contributed by atoms with Crippen LogP contribution in [0.25, 0.3) is 0 Å². The molecule has 0 N–H and O–H groups in total. The highest BCUT2D eigenvalue weighted by Crippen LogP contribution is 2.23. The zero-order valence-corrected chi connectivity index (χ0v) is 16.8. The fourth-order valence-corrected chi connectivity index (χ4v) is 3.07. The maximum Gasteiger partial charge on any atom is 0.410 e. The molecule has 1 fully saturated rings. The number of hydrogen-bond acceptors (Lipinski definition) is 4. The van der Waals surface area contributed by atoms with Crippen LogP contribution in [-0.2, 0) is 16.1 Å². The summed E-state index contributed by atoms with van der Waals surface area (Å²) in [6.07, 6.45) is 1.10. The van der Waals surface area contributed by atoms with Gasteiger partial charge in [-0.1, -0.05) is 12.1 Å². The maximum absolute atomic E-state index is 12.9. The second-order valence-electron chi connectivity index (χ2n) is 8.09. The van der Waals surface area contributed by atoms with Crippen molar-refractivity contribution in [2.24, 2.45) is 0 Å². The molecule has 1 aliphatic rings. The van der Waals surface area contributed by atoms with Gasteiger partial charge in [0, 0.05) is 39.9 Å². The number of amides is 2. The summed E-state index contributed by atoms with van der Waals surface area (Å²) < 4.78 is 5.45. The van der Waals surface area contributed by atoms with Gasteiger partial charge in [0.25, 0.3) is 0 Å². The number of ether oxygens (including phenoxy) is 1. The third-order valence-electron chi connectivity index (χ3n) is 4.41. The zero-order chi connectivity index (χ0) is 19.5. The molecule has 1 heterocycles. The molecule has 0 aliphatic carbocycles. The molecule has 26 heavy (non-hydrogen) atoms. The normalized spacial score (nSPS) is 17.2. The minimum atomic E-state index is -0.562. The van der Waals surface area contributed by atoms with Crippen LogP contribution < -0.4 is 4.90 Å². The van der Waals surface area contributed by atoms with Gasteiger partial charge in [-0.05, 0) is 51.3 Å². The highest BCUT2D eigenvalue weighted by atomic mass is 16.6. The lowest BCUT2D eigenvalue weighted by atomic mass is 10.1. The molecule has 0 spiro atoms. The van der Waals surface area contributed by atoms with Crippen molar-refractivity contribution in [1.82, 2.24) is 9.80 Å². The van der Waals surface area contributed by atoms with Crippen LogP contribution in [-0.4, -0.2) is 61.1 Å². The molecule has 0 aromatic heterocycles. The summed E-state index contributed by atoms with van der Waals surface area (Å²) in [4.78, 5) is 30.6. The monoisotopic (exact) mass is 361 g/mol. The molecule has 0 saturated carbocycles. The molecule has 1 aromatic carbocycles. The fourth-order valence-electron chi connectivity index (χ4n) is 3.07. The van der Waals surface area contributed by atoms with Crippen LogP contribution in [0, 0.1) is 0 Å². The van der Waals surface area contributed by atoms with Gasteiger partial charge in [0.1, 0.15) is 11.6 Å². The van der Waals surface area contributed by atoms with E-state index in [1.807, 2.05) is 64.0 Å². The first-order valence-corrected chi connectivity index (χ1v) is 9.09. The summed E-state index contributed by atoms with van der Waals surface area (Å²) in [5, 5.41) is 0. The maximum atomic E-state index is 12.9. The molecule has 6 nitrogen and oxygen atoms in total. The van der Waals surface area contributed by atoms with E-state index in [1.54, 1.807) is 16.8 Å². The summed E-state index contributed by atoms with van der Waals surface area (Å²) >= 11 is 0. The first kappa shape index (κ1) is 20.1. The average Bonchev–Trinajstić information content (AvgIpc) is 3.02. The lowest BCUT2D eigenvalue weighted by molar-refractivity contribution is -0.135. The Morgan fingerprint density at radius 2 is 1.77 bits per heavy atom. The number of nitrogens with zero attached hydrogens (tertiary/aromatic N) is 3. The number of likely N-dealkylation sites (tertiary alicyclic amines) is 1. The molecule has 144 valence electrons. The first-order chi connectivity index (χ1) is 12.1. The third kappa shape index (κ3) is 5.13. The number of likely N-dealkylation sites (N-methyl/N-ethyl adjacent to an activating group) is 1. The van der Waals surface area contributed by atoms with Gasteiger partial charge in [-0.2, -0.15) is 0 Å². The van der Waals surface area contributed by atoms with Gasteiger partial charge in [0.15, 0.2) is 0 Å². The Bertz CT molecular complexity index is 635. The Morgan fingerprint density at radius 3 is 2.31 bits per heavy atom. The molecule has 1 saturated heterocycles. The van der Waals surface area contributed by atoms with Crippen molar-refractivity contribution in [3.63, 3.8) is 0 Å². The number of carbonyl (C=O) groups excluding carboxylic acids is 2. The van der Waals surface area contributed by atoms with Gasteiger partial charge in [-0.3, -0.25) is 9.69 Å². The lowest BCUT2D eigenvalue weighted by Crippen LogP contribution is -2.47. The van der Waals surface area contributed by atoms with Crippen molar-refractivity contribution in [3.8, 4) is 0 Å². The minimum absolute atomic E-state index is 0.0370. The van der Waals surface area contributed by atoms with Gasteiger partial charge in [0.2, 0.25) is 5.91 Å². The van der Waals surface area contributed by atoms with Crippen molar-refractivity contribution >= 4 is 17.7 Å². The molecule has 2 amide bonds. The van der Waals surface area contributed by atoms with Crippen molar-refractivity contribution in [2.75, 3.05) is 32.6 Å². The second kappa shape index (κ2) is 7.98. The van der Waals surface area contributed by atoms with Crippen LogP contribution in [0.2, 0.25) is 0 Å². The van der Waals surface area contributed by atoms with Crippen LogP contribution in [0.3, 0.4) is 0 Å². The van der Waals surface area contributed by atoms with Crippen LogP contribution in [0.4, 0.5) is 10.5 Å². The molecule has 6 heteroatoms. The van der Waals surface area contributed by atoms with Crippen molar-refractivity contribution < 1.29 is 14.3 Å². The first-order valence-electron chi connectivity index (χ1n) is 9.09.